The molecular formula is C16H13NO3. The zero-order valence-electron chi connectivity index (χ0n) is 10.7. The minimum atomic E-state index is -0.959. The van der Waals surface area contributed by atoms with Crippen LogP contribution in [-0.4, -0.2) is 6.16 Å². The van der Waals surface area contributed by atoms with Crippen LogP contribution < -0.4 is 0 Å². The molecule has 0 aliphatic heterocycles. The van der Waals surface area contributed by atoms with E-state index >= 15 is 0 Å². The van der Waals surface area contributed by atoms with Crippen LogP contribution in [0.5, 0.6) is 0 Å². The Hall–Kier alpha value is -2.80. The van der Waals surface area contributed by atoms with Crippen molar-refractivity contribution in [1.29, 1.82) is 5.26 Å². The second-order valence-corrected chi connectivity index (χ2v) is 4.06. The van der Waals surface area contributed by atoms with Gasteiger partial charge >= 0.3 is 6.16 Å². The van der Waals surface area contributed by atoms with E-state index in [1.165, 1.54) is 0 Å². The lowest BCUT2D eigenvalue weighted by Gasteiger charge is -2.11. The highest BCUT2D eigenvalue weighted by Crippen LogP contribution is 2.17. The Balaban J connectivity index is 1.89. The molecule has 0 aliphatic rings. The van der Waals surface area contributed by atoms with Crippen molar-refractivity contribution in [2.45, 2.75) is 12.7 Å². The maximum Gasteiger partial charge on any atom is 0.510 e. The molecule has 2 aromatic carbocycles. The summed E-state index contributed by atoms with van der Waals surface area (Å²) in [6.45, 7) is 0.118. The Morgan fingerprint density at radius 3 is 2.25 bits per heavy atom. The van der Waals surface area contributed by atoms with Crippen molar-refractivity contribution < 1.29 is 14.3 Å². The number of nitriles is 1. The molecule has 1 atom stereocenters. The molecule has 0 amide bonds. The van der Waals surface area contributed by atoms with Gasteiger partial charge < -0.3 is 9.47 Å². The molecule has 0 spiro atoms. The third-order valence-corrected chi connectivity index (χ3v) is 2.63. The minimum absolute atomic E-state index is 0.118. The molecule has 0 heterocycles. The van der Waals surface area contributed by atoms with Crippen LogP contribution in [0, 0.1) is 11.3 Å². The summed E-state index contributed by atoms with van der Waals surface area (Å²) in [7, 11) is 0. The molecule has 0 bridgehead atoms. The fraction of sp³-hybridized carbons (Fsp3) is 0.125. The quantitative estimate of drug-likeness (QED) is 0.794. The van der Waals surface area contributed by atoms with Gasteiger partial charge in [0, 0.05) is 5.56 Å². The summed E-state index contributed by atoms with van der Waals surface area (Å²) in [5, 5.41) is 9.03. The molecule has 0 aromatic heterocycles. The van der Waals surface area contributed by atoms with E-state index in [4.69, 9.17) is 14.7 Å². The van der Waals surface area contributed by atoms with Gasteiger partial charge in [0.15, 0.2) is 0 Å². The van der Waals surface area contributed by atoms with Gasteiger partial charge in [0.05, 0.1) is 0 Å². The third-order valence-electron chi connectivity index (χ3n) is 2.63. The summed E-state index contributed by atoms with van der Waals surface area (Å²) >= 11 is 0. The van der Waals surface area contributed by atoms with Crippen molar-refractivity contribution >= 4 is 6.16 Å². The monoisotopic (exact) mass is 267 g/mol. The highest BCUT2D eigenvalue weighted by atomic mass is 16.7. The van der Waals surface area contributed by atoms with Crippen LogP contribution in [0.3, 0.4) is 0 Å². The van der Waals surface area contributed by atoms with Gasteiger partial charge in [0.25, 0.3) is 0 Å². The third kappa shape index (κ3) is 3.85. The fourth-order valence-corrected chi connectivity index (χ4v) is 1.64. The highest BCUT2D eigenvalue weighted by Gasteiger charge is 2.16. The van der Waals surface area contributed by atoms with E-state index in [1.54, 1.807) is 24.3 Å². The van der Waals surface area contributed by atoms with Crippen molar-refractivity contribution in [3.63, 3.8) is 0 Å². The maximum atomic E-state index is 11.6. The van der Waals surface area contributed by atoms with E-state index in [1.807, 2.05) is 42.5 Å². The molecule has 0 unspecified atom stereocenters. The van der Waals surface area contributed by atoms with Crippen molar-refractivity contribution in [3.8, 4) is 6.07 Å². The van der Waals surface area contributed by atoms with E-state index in [-0.39, 0.29) is 6.61 Å². The van der Waals surface area contributed by atoms with E-state index in [0.717, 1.165) is 5.56 Å². The van der Waals surface area contributed by atoms with Gasteiger partial charge in [0.2, 0.25) is 6.10 Å². The Labute approximate surface area is 117 Å². The molecule has 0 saturated carbocycles. The van der Waals surface area contributed by atoms with Gasteiger partial charge in [-0.2, -0.15) is 5.26 Å². The topological polar surface area (TPSA) is 59.3 Å². The molecule has 0 aliphatic carbocycles. The average molecular weight is 267 g/mol. The summed E-state index contributed by atoms with van der Waals surface area (Å²) in [4.78, 5) is 11.6. The van der Waals surface area contributed by atoms with Crippen LogP contribution in [0.1, 0.15) is 17.2 Å². The number of ether oxygens (including phenoxy) is 2. The van der Waals surface area contributed by atoms with Crippen LogP contribution in [0.15, 0.2) is 60.7 Å². The van der Waals surface area contributed by atoms with Crippen molar-refractivity contribution in [2.75, 3.05) is 0 Å². The predicted octanol–water partition coefficient (Wildman–Crippen LogP) is 3.60. The Morgan fingerprint density at radius 1 is 1.05 bits per heavy atom. The second-order valence-electron chi connectivity index (χ2n) is 4.06. The SMILES string of the molecule is N#C[C@@H](OC(=O)OCc1ccccc1)c1ccccc1. The zero-order valence-corrected chi connectivity index (χ0v) is 10.7. The van der Waals surface area contributed by atoms with Gasteiger partial charge in [-0.25, -0.2) is 4.79 Å². The fourth-order valence-electron chi connectivity index (χ4n) is 1.64. The normalized spacial score (nSPS) is 11.2. The molecule has 100 valence electrons. The van der Waals surface area contributed by atoms with Crippen molar-refractivity contribution in [3.05, 3.63) is 71.8 Å². The summed E-state index contributed by atoms with van der Waals surface area (Å²) in [6.07, 6.45) is -1.82. The first-order chi connectivity index (χ1) is 9.79. The highest BCUT2D eigenvalue weighted by molar-refractivity contribution is 5.60. The predicted molar refractivity (Wildman–Crippen MR) is 72.5 cm³/mol. The first-order valence-corrected chi connectivity index (χ1v) is 6.11. The largest absolute Gasteiger partial charge is 0.510 e. The number of carbonyl (C=O) groups is 1. The lowest BCUT2D eigenvalue weighted by Crippen LogP contribution is -2.11. The van der Waals surface area contributed by atoms with Crippen LogP contribution in [0.25, 0.3) is 0 Å². The van der Waals surface area contributed by atoms with Gasteiger partial charge in [-0.3, -0.25) is 0 Å². The molecule has 2 rings (SSSR count). The number of hydrogen-bond acceptors (Lipinski definition) is 4. The second kappa shape index (κ2) is 6.95. The summed E-state index contributed by atoms with van der Waals surface area (Å²) in [6, 6.07) is 20.0. The van der Waals surface area contributed by atoms with Crippen LogP contribution in [-0.2, 0) is 16.1 Å². The minimum Gasteiger partial charge on any atom is -0.429 e. The van der Waals surface area contributed by atoms with Crippen molar-refractivity contribution in [2.24, 2.45) is 0 Å². The molecule has 0 N–H and O–H groups in total. The van der Waals surface area contributed by atoms with E-state index in [0.29, 0.717) is 5.56 Å². The number of carbonyl (C=O) groups excluding carboxylic acids is 1. The Kier molecular flexibility index (Phi) is 4.74. The van der Waals surface area contributed by atoms with Crippen LogP contribution >= 0.6 is 0 Å². The first kappa shape index (κ1) is 13.6. The van der Waals surface area contributed by atoms with Gasteiger partial charge in [0.1, 0.15) is 12.7 Å². The molecule has 20 heavy (non-hydrogen) atoms. The van der Waals surface area contributed by atoms with Gasteiger partial charge in [-0.15, -0.1) is 0 Å². The molecule has 0 saturated heterocycles. The Bertz CT molecular complexity index is 590. The van der Waals surface area contributed by atoms with E-state index < -0.39 is 12.3 Å². The summed E-state index contributed by atoms with van der Waals surface area (Å²) in [5.74, 6) is 0. The molecular weight excluding hydrogens is 254 g/mol. The summed E-state index contributed by atoms with van der Waals surface area (Å²) in [5.41, 5.74) is 1.48. The maximum absolute atomic E-state index is 11.6. The van der Waals surface area contributed by atoms with Crippen LogP contribution in [0.4, 0.5) is 4.79 Å². The standard InChI is InChI=1S/C16H13NO3/c17-11-15(14-9-5-2-6-10-14)20-16(18)19-12-13-7-3-1-4-8-13/h1-10,15H,12H2/t15-/m1/s1. The average Bonchev–Trinajstić information content (AvgIpc) is 2.52. The molecule has 0 fully saturated rings. The molecule has 4 nitrogen and oxygen atoms in total. The van der Waals surface area contributed by atoms with E-state index in [2.05, 4.69) is 0 Å². The summed E-state index contributed by atoms with van der Waals surface area (Å²) < 4.78 is 9.95. The molecule has 2 aromatic rings. The van der Waals surface area contributed by atoms with Crippen LogP contribution in [0.2, 0.25) is 0 Å². The zero-order chi connectivity index (χ0) is 14.2. The van der Waals surface area contributed by atoms with Gasteiger partial charge in [-0.1, -0.05) is 60.7 Å². The Morgan fingerprint density at radius 2 is 1.65 bits per heavy atom. The van der Waals surface area contributed by atoms with Gasteiger partial charge in [-0.05, 0) is 5.56 Å². The van der Waals surface area contributed by atoms with E-state index in [9.17, 15) is 4.79 Å². The molecule has 0 radical (unpaired) electrons. The lowest BCUT2D eigenvalue weighted by atomic mass is 10.1. The van der Waals surface area contributed by atoms with Crippen molar-refractivity contribution in [1.82, 2.24) is 0 Å². The number of hydrogen-bond donors (Lipinski definition) is 0. The first-order valence-electron chi connectivity index (χ1n) is 6.11. The smallest absolute Gasteiger partial charge is 0.429 e. The number of rotatable bonds is 4. The number of nitrogens with zero attached hydrogens (tertiary/aromatic N) is 1. The lowest BCUT2D eigenvalue weighted by molar-refractivity contribution is 0.0338. The number of benzene rings is 2. The molecule has 4 heteroatoms.